The Morgan fingerprint density at radius 3 is 1.39 bits per heavy atom. The van der Waals surface area contributed by atoms with Crippen molar-refractivity contribution < 1.29 is 28.8 Å². The Labute approximate surface area is 284 Å². The molecule has 8 heteroatoms. The van der Waals surface area contributed by atoms with Gasteiger partial charge in [-0.15, -0.1) is 0 Å². The number of phosphoric acid groups is 1. The largest absolute Gasteiger partial charge is 0.469 e. The fourth-order valence-corrected chi connectivity index (χ4v) is 6.34. The van der Waals surface area contributed by atoms with E-state index >= 15 is 0 Å². The summed E-state index contributed by atoms with van der Waals surface area (Å²) in [4.78, 5) is 30.8. The lowest BCUT2D eigenvalue weighted by Crippen LogP contribution is -2.46. The number of aliphatic hydroxyl groups is 1. The molecule has 0 unspecified atom stereocenters. The van der Waals surface area contributed by atoms with Crippen LogP contribution in [-0.2, 0) is 13.9 Å². The quantitative estimate of drug-likeness (QED) is 0.0299. The van der Waals surface area contributed by atoms with E-state index in [2.05, 4.69) is 35.8 Å². The number of rotatable bonds is 36. The van der Waals surface area contributed by atoms with Gasteiger partial charge in [-0.05, 0) is 38.5 Å². The summed E-state index contributed by atoms with van der Waals surface area (Å²) in [5.41, 5.74) is 0. The lowest BCUT2D eigenvalue weighted by molar-refractivity contribution is -0.123. The molecule has 0 aromatic rings. The summed E-state index contributed by atoms with van der Waals surface area (Å²) in [6, 6.07) is -0.819. The third-order valence-electron chi connectivity index (χ3n) is 9.00. The second-order valence-electron chi connectivity index (χ2n) is 13.6. The lowest BCUT2D eigenvalue weighted by atomic mass is 10.0. The minimum Gasteiger partial charge on any atom is -0.391 e. The maximum absolute atomic E-state index is 12.5. The molecule has 0 saturated heterocycles. The molecule has 2 atom stereocenters. The van der Waals surface area contributed by atoms with Crippen molar-refractivity contribution in [2.75, 3.05) is 6.61 Å². The molecule has 0 saturated carbocycles. The summed E-state index contributed by atoms with van der Waals surface area (Å²) in [6.07, 6.45) is 39.2. The van der Waals surface area contributed by atoms with Crippen molar-refractivity contribution in [3.8, 4) is 0 Å². The van der Waals surface area contributed by atoms with Gasteiger partial charge in [-0.25, -0.2) is 4.57 Å². The van der Waals surface area contributed by atoms with Crippen LogP contribution in [0, 0.1) is 0 Å². The minimum absolute atomic E-state index is 0.196. The van der Waals surface area contributed by atoms with Crippen LogP contribution in [0.2, 0.25) is 0 Å². The van der Waals surface area contributed by atoms with Gasteiger partial charge in [-0.3, -0.25) is 9.32 Å². The van der Waals surface area contributed by atoms with Crippen molar-refractivity contribution in [1.29, 1.82) is 0 Å². The van der Waals surface area contributed by atoms with Gasteiger partial charge in [-0.2, -0.15) is 0 Å². The van der Waals surface area contributed by atoms with Crippen LogP contribution in [0.3, 0.4) is 0 Å². The summed E-state index contributed by atoms with van der Waals surface area (Å²) in [7, 11) is -4.68. The number of hydrogen-bond acceptors (Lipinski definition) is 4. The van der Waals surface area contributed by atoms with Gasteiger partial charge in [0.1, 0.15) is 0 Å². The first kappa shape index (κ1) is 45.3. The predicted molar refractivity (Wildman–Crippen MR) is 195 cm³/mol. The van der Waals surface area contributed by atoms with Crippen molar-refractivity contribution in [2.45, 2.75) is 219 Å². The van der Waals surface area contributed by atoms with Gasteiger partial charge in [0.2, 0.25) is 5.91 Å². The molecule has 0 aromatic carbocycles. The van der Waals surface area contributed by atoms with E-state index in [4.69, 9.17) is 9.79 Å². The zero-order valence-corrected chi connectivity index (χ0v) is 31.1. The van der Waals surface area contributed by atoms with E-state index in [1.165, 1.54) is 141 Å². The van der Waals surface area contributed by atoms with Gasteiger partial charge >= 0.3 is 7.82 Å². The number of aliphatic hydroxyl groups excluding tert-OH is 1. The maximum atomic E-state index is 12.5. The molecule has 0 heterocycles. The van der Waals surface area contributed by atoms with Crippen LogP contribution in [0.15, 0.2) is 12.2 Å². The van der Waals surface area contributed by atoms with Crippen molar-refractivity contribution in [3.05, 3.63) is 12.2 Å². The van der Waals surface area contributed by atoms with Crippen LogP contribution in [-0.4, -0.2) is 39.6 Å². The molecule has 0 bridgehead atoms. The molecule has 274 valence electrons. The molecular weight excluding hydrogens is 597 g/mol. The van der Waals surface area contributed by atoms with Crippen LogP contribution in [0.25, 0.3) is 0 Å². The van der Waals surface area contributed by atoms with Gasteiger partial charge in [-0.1, -0.05) is 174 Å². The number of unbranched alkanes of at least 4 members (excludes halogenated alkanes) is 25. The molecule has 0 aromatic heterocycles. The number of carbonyl (C=O) groups is 1. The molecule has 0 aliphatic carbocycles. The van der Waals surface area contributed by atoms with E-state index in [-0.39, 0.29) is 5.91 Å². The van der Waals surface area contributed by atoms with Gasteiger partial charge in [0.15, 0.2) is 0 Å². The SMILES string of the molecule is CCCCCCCC/C=C\CCCCCCCCCCCCCC(=O)N[C@@H](COP(=O)(O)O)[C@H](O)CCCCCCCCCCC. The van der Waals surface area contributed by atoms with E-state index in [0.29, 0.717) is 12.8 Å². The molecule has 0 rings (SSSR count). The summed E-state index contributed by atoms with van der Waals surface area (Å²) in [5.74, 6) is -0.196. The Kier molecular flexibility index (Phi) is 33.6. The second kappa shape index (κ2) is 34.2. The molecular formula is C38H76NO6P. The number of phosphoric ester groups is 1. The first-order valence-corrected chi connectivity index (χ1v) is 21.2. The fourth-order valence-electron chi connectivity index (χ4n) is 5.99. The van der Waals surface area contributed by atoms with E-state index in [1.807, 2.05) is 0 Å². The normalized spacial score (nSPS) is 13.4. The Balaban J connectivity index is 3.83. The van der Waals surface area contributed by atoms with Crippen molar-refractivity contribution >= 4 is 13.7 Å². The Morgan fingerprint density at radius 1 is 0.609 bits per heavy atom. The van der Waals surface area contributed by atoms with Gasteiger partial charge < -0.3 is 20.2 Å². The number of hydrogen-bond donors (Lipinski definition) is 4. The standard InChI is InChI=1S/C38H76NO6P/c1-3-5-7-9-11-13-14-15-16-17-18-19-20-21-22-23-24-26-28-30-32-34-38(41)39-36(35-45-46(42,43)44)37(40)33-31-29-27-25-12-10-8-6-4-2/h15-16,36-37,40H,3-14,17-35H2,1-2H3,(H,39,41)(H2,42,43,44)/b16-15-/t36-,37+/m0/s1. The molecule has 0 aliphatic heterocycles. The van der Waals surface area contributed by atoms with Crippen molar-refractivity contribution in [2.24, 2.45) is 0 Å². The van der Waals surface area contributed by atoms with Gasteiger partial charge in [0.05, 0.1) is 18.8 Å². The third kappa shape index (κ3) is 34.6. The molecule has 7 nitrogen and oxygen atoms in total. The van der Waals surface area contributed by atoms with Crippen LogP contribution < -0.4 is 5.32 Å². The predicted octanol–water partition coefficient (Wildman–Crippen LogP) is 11.2. The number of amides is 1. The third-order valence-corrected chi connectivity index (χ3v) is 9.49. The fraction of sp³-hybridized carbons (Fsp3) is 0.921. The molecule has 4 N–H and O–H groups in total. The smallest absolute Gasteiger partial charge is 0.391 e. The summed E-state index contributed by atoms with van der Waals surface area (Å²) in [5, 5.41) is 13.4. The van der Waals surface area contributed by atoms with Crippen LogP contribution in [0.5, 0.6) is 0 Å². The highest BCUT2D eigenvalue weighted by Gasteiger charge is 2.25. The number of nitrogens with one attached hydrogen (secondary N) is 1. The molecule has 0 aliphatic rings. The first-order valence-electron chi connectivity index (χ1n) is 19.6. The summed E-state index contributed by atoms with van der Waals surface area (Å²) < 4.78 is 15.9. The summed E-state index contributed by atoms with van der Waals surface area (Å²) >= 11 is 0. The average molecular weight is 674 g/mol. The Bertz CT molecular complexity index is 728. The van der Waals surface area contributed by atoms with Crippen LogP contribution in [0.1, 0.15) is 206 Å². The van der Waals surface area contributed by atoms with E-state index in [0.717, 1.165) is 38.5 Å². The molecule has 0 spiro atoms. The Morgan fingerprint density at radius 2 is 0.978 bits per heavy atom. The topological polar surface area (TPSA) is 116 Å². The van der Waals surface area contributed by atoms with Gasteiger partial charge in [0, 0.05) is 6.42 Å². The number of carbonyl (C=O) groups excluding carboxylic acids is 1. The van der Waals surface area contributed by atoms with Crippen molar-refractivity contribution in [1.82, 2.24) is 5.32 Å². The molecule has 1 amide bonds. The van der Waals surface area contributed by atoms with Gasteiger partial charge in [0.25, 0.3) is 0 Å². The van der Waals surface area contributed by atoms with Crippen molar-refractivity contribution in [3.63, 3.8) is 0 Å². The van der Waals surface area contributed by atoms with E-state index in [1.54, 1.807) is 0 Å². The van der Waals surface area contributed by atoms with Crippen LogP contribution >= 0.6 is 7.82 Å². The maximum Gasteiger partial charge on any atom is 0.469 e. The minimum atomic E-state index is -4.68. The highest BCUT2D eigenvalue weighted by Crippen LogP contribution is 2.36. The lowest BCUT2D eigenvalue weighted by Gasteiger charge is -2.24. The summed E-state index contributed by atoms with van der Waals surface area (Å²) in [6.45, 7) is 4.09. The number of allylic oxidation sites excluding steroid dienone is 2. The monoisotopic (exact) mass is 674 g/mol. The van der Waals surface area contributed by atoms with Crippen LogP contribution in [0.4, 0.5) is 0 Å². The molecule has 0 fully saturated rings. The van der Waals surface area contributed by atoms with E-state index < -0.39 is 26.6 Å². The highest BCUT2D eigenvalue weighted by molar-refractivity contribution is 7.46. The zero-order chi connectivity index (χ0) is 34.0. The zero-order valence-electron chi connectivity index (χ0n) is 30.2. The highest BCUT2D eigenvalue weighted by atomic mass is 31.2. The van der Waals surface area contributed by atoms with E-state index in [9.17, 15) is 14.5 Å². The second-order valence-corrected chi connectivity index (χ2v) is 14.8. The average Bonchev–Trinajstić information content (AvgIpc) is 3.02. The first-order chi connectivity index (χ1) is 22.3. The Hall–Kier alpha value is -0.720. The molecule has 0 radical (unpaired) electrons. The molecule has 46 heavy (non-hydrogen) atoms.